The quantitative estimate of drug-likeness (QED) is 0.424. The lowest BCUT2D eigenvalue weighted by atomic mass is 10.2. The van der Waals surface area contributed by atoms with Crippen molar-refractivity contribution >= 4 is 9.24 Å². The van der Waals surface area contributed by atoms with Crippen LogP contribution in [0.5, 0.6) is 0 Å². The Morgan fingerprint density at radius 1 is 1.00 bits per heavy atom. The summed E-state index contributed by atoms with van der Waals surface area (Å²) in [6, 6.07) is 0. The third kappa shape index (κ3) is 17.8. The molecule has 0 bridgehead atoms. The predicted molar refractivity (Wildman–Crippen MR) is 45.9 cm³/mol. The molecule has 9 heavy (non-hydrogen) atoms. The Kier molecular flexibility index (Phi) is 28.3. The Morgan fingerprint density at radius 2 is 1.56 bits per heavy atom. The summed E-state index contributed by atoms with van der Waals surface area (Å²) in [5.41, 5.74) is 0. The van der Waals surface area contributed by atoms with Gasteiger partial charge in [-0.25, -0.2) is 0 Å². The molecule has 0 amide bonds. The van der Waals surface area contributed by atoms with Crippen molar-refractivity contribution in [2.24, 2.45) is 0 Å². The Bertz CT molecular complexity index is 30.2. The maximum atomic E-state index is 2.75. The Balaban J connectivity index is -0.000000180. The Labute approximate surface area is 59.9 Å². The summed E-state index contributed by atoms with van der Waals surface area (Å²) in [4.78, 5) is 0. The van der Waals surface area contributed by atoms with Gasteiger partial charge >= 0.3 is 0 Å². The minimum Gasteiger partial charge on any atom is -0.412 e. The molecular weight excluding hydrogens is 135 g/mol. The lowest BCUT2D eigenvalue weighted by Gasteiger charge is -1.90. The van der Waals surface area contributed by atoms with Gasteiger partial charge in [-0.2, -0.15) is 0 Å². The topological polar surface area (TPSA) is 63.0 Å². The molecule has 0 rings (SSSR count). The molecule has 0 heterocycles. The highest BCUT2D eigenvalue weighted by molar-refractivity contribution is 7.16. The molecule has 0 aromatic rings. The summed E-state index contributed by atoms with van der Waals surface area (Å²) in [5, 5.41) is 0. The molecule has 3 heteroatoms. The van der Waals surface area contributed by atoms with E-state index in [0.717, 1.165) is 0 Å². The van der Waals surface area contributed by atoms with Gasteiger partial charge in [-0.1, -0.05) is 26.2 Å². The van der Waals surface area contributed by atoms with E-state index in [1.165, 1.54) is 31.8 Å². The Hall–Kier alpha value is 0.350. The van der Waals surface area contributed by atoms with Crippen LogP contribution in [0.15, 0.2) is 0 Å². The van der Waals surface area contributed by atoms with E-state index in [4.69, 9.17) is 0 Å². The second-order valence-electron chi connectivity index (χ2n) is 1.85. The maximum absolute atomic E-state index is 2.75. The largest absolute Gasteiger partial charge is 0.412 e. The molecule has 4 N–H and O–H groups in total. The van der Waals surface area contributed by atoms with Crippen molar-refractivity contribution in [2.45, 2.75) is 32.6 Å². The van der Waals surface area contributed by atoms with Gasteiger partial charge < -0.3 is 11.0 Å². The molecule has 0 aromatic carbocycles. The van der Waals surface area contributed by atoms with Crippen LogP contribution in [-0.4, -0.2) is 17.1 Å². The molecule has 0 aliphatic rings. The van der Waals surface area contributed by atoms with Crippen LogP contribution >= 0.6 is 9.24 Å². The summed E-state index contributed by atoms with van der Waals surface area (Å²) in [6.07, 6.45) is 6.84. The molecule has 0 aliphatic carbocycles. The summed E-state index contributed by atoms with van der Waals surface area (Å²) in [6.45, 7) is 2.24. The molecule has 0 saturated heterocycles. The van der Waals surface area contributed by atoms with E-state index in [2.05, 4.69) is 16.2 Å². The molecule has 0 saturated carbocycles. The van der Waals surface area contributed by atoms with Crippen molar-refractivity contribution in [3.05, 3.63) is 0 Å². The van der Waals surface area contributed by atoms with E-state index in [-0.39, 0.29) is 11.0 Å². The second kappa shape index (κ2) is 15.8. The van der Waals surface area contributed by atoms with Crippen molar-refractivity contribution in [1.29, 1.82) is 0 Å². The van der Waals surface area contributed by atoms with Crippen molar-refractivity contribution in [2.75, 3.05) is 6.16 Å². The van der Waals surface area contributed by atoms with E-state index in [9.17, 15) is 0 Å². The van der Waals surface area contributed by atoms with Crippen LogP contribution < -0.4 is 0 Å². The monoisotopic (exact) mass is 154 g/mol. The highest BCUT2D eigenvalue weighted by Crippen LogP contribution is 2.00. The fourth-order valence-electron chi connectivity index (χ4n) is 0.571. The fourth-order valence-corrected chi connectivity index (χ4v) is 0.860. The molecule has 2 nitrogen and oxygen atoms in total. The van der Waals surface area contributed by atoms with Crippen LogP contribution in [0.1, 0.15) is 32.6 Å². The van der Waals surface area contributed by atoms with E-state index in [0.29, 0.717) is 0 Å². The first-order valence-electron chi connectivity index (χ1n) is 3.12. The molecule has 0 spiro atoms. The van der Waals surface area contributed by atoms with Gasteiger partial charge in [0.15, 0.2) is 0 Å². The third-order valence-electron chi connectivity index (χ3n) is 1.06. The lowest BCUT2D eigenvalue weighted by molar-refractivity contribution is 0.706. The van der Waals surface area contributed by atoms with Gasteiger partial charge in [0.25, 0.3) is 0 Å². The number of rotatable bonds is 4. The van der Waals surface area contributed by atoms with E-state index in [1.54, 1.807) is 0 Å². The van der Waals surface area contributed by atoms with E-state index in [1.807, 2.05) is 0 Å². The van der Waals surface area contributed by atoms with Gasteiger partial charge in [0.1, 0.15) is 0 Å². The van der Waals surface area contributed by atoms with E-state index >= 15 is 0 Å². The first-order chi connectivity index (χ1) is 3.41. The zero-order valence-corrected chi connectivity index (χ0v) is 7.27. The Morgan fingerprint density at radius 3 is 1.89 bits per heavy atom. The van der Waals surface area contributed by atoms with Crippen LogP contribution in [0.3, 0.4) is 0 Å². The van der Waals surface area contributed by atoms with Gasteiger partial charge in [0.05, 0.1) is 0 Å². The first kappa shape index (κ1) is 16.2. The third-order valence-corrected chi connectivity index (χ3v) is 1.47. The van der Waals surface area contributed by atoms with Crippen molar-refractivity contribution in [3.8, 4) is 0 Å². The van der Waals surface area contributed by atoms with Crippen LogP contribution in [0, 0.1) is 0 Å². The van der Waals surface area contributed by atoms with Crippen LogP contribution in [-0.2, 0) is 0 Å². The lowest BCUT2D eigenvalue weighted by Crippen LogP contribution is -1.73. The van der Waals surface area contributed by atoms with Gasteiger partial charge in [-0.15, -0.1) is 9.24 Å². The SMILES string of the molecule is CCCCCCP.O.O. The molecule has 0 fully saturated rings. The molecule has 0 radical (unpaired) electrons. The zero-order chi connectivity index (χ0) is 5.54. The summed E-state index contributed by atoms with van der Waals surface area (Å²) >= 11 is 0. The van der Waals surface area contributed by atoms with Gasteiger partial charge in [-0.3, -0.25) is 0 Å². The number of hydrogen-bond donors (Lipinski definition) is 0. The summed E-state index contributed by atoms with van der Waals surface area (Å²) in [5.74, 6) is 0. The van der Waals surface area contributed by atoms with Gasteiger partial charge in [-0.05, 0) is 12.6 Å². The minimum atomic E-state index is 0. The standard InChI is InChI=1S/C6H15P.2H2O/c1-2-3-4-5-6-7;;/h2-7H2,1H3;2*1H2. The molecule has 1 atom stereocenters. The predicted octanol–water partition coefficient (Wildman–Crippen LogP) is 0.792. The minimum absolute atomic E-state index is 0. The highest BCUT2D eigenvalue weighted by Gasteiger charge is 1.80. The molecular formula is C6H19O2P. The molecule has 0 aliphatic heterocycles. The second-order valence-corrected chi connectivity index (χ2v) is 2.43. The fraction of sp³-hybridized carbons (Fsp3) is 1.00. The van der Waals surface area contributed by atoms with Crippen LogP contribution in [0.25, 0.3) is 0 Å². The number of hydrogen-bond acceptors (Lipinski definition) is 0. The van der Waals surface area contributed by atoms with Crippen molar-refractivity contribution in [3.63, 3.8) is 0 Å². The molecule has 60 valence electrons. The summed E-state index contributed by atoms with van der Waals surface area (Å²) < 4.78 is 0. The zero-order valence-electron chi connectivity index (χ0n) is 6.11. The first-order valence-corrected chi connectivity index (χ1v) is 3.93. The normalized spacial score (nSPS) is 7.33. The van der Waals surface area contributed by atoms with E-state index < -0.39 is 0 Å². The van der Waals surface area contributed by atoms with Crippen LogP contribution in [0.2, 0.25) is 0 Å². The average molecular weight is 154 g/mol. The summed E-state index contributed by atoms with van der Waals surface area (Å²) in [7, 11) is 2.75. The average Bonchev–Trinajstić information content (AvgIpc) is 1.69. The van der Waals surface area contributed by atoms with Crippen molar-refractivity contribution < 1.29 is 11.0 Å². The van der Waals surface area contributed by atoms with Crippen LogP contribution in [0.4, 0.5) is 0 Å². The molecule has 1 unspecified atom stereocenters. The maximum Gasteiger partial charge on any atom is -0.0381 e. The molecule has 0 aromatic heterocycles. The van der Waals surface area contributed by atoms with Gasteiger partial charge in [0.2, 0.25) is 0 Å². The smallest absolute Gasteiger partial charge is 0.0381 e. The van der Waals surface area contributed by atoms with Crippen molar-refractivity contribution in [1.82, 2.24) is 0 Å². The number of unbranched alkanes of at least 4 members (excludes halogenated alkanes) is 3. The van der Waals surface area contributed by atoms with Gasteiger partial charge in [0, 0.05) is 0 Å². The highest BCUT2D eigenvalue weighted by atomic mass is 31.0.